The van der Waals surface area contributed by atoms with Crippen LogP contribution in [0.1, 0.15) is 29.8 Å². The van der Waals surface area contributed by atoms with E-state index >= 15 is 0 Å². The second kappa shape index (κ2) is 7.09. The number of phenolic OH excluding ortho intramolecular Hbond substituents is 1. The number of anilines is 1. The maximum atomic E-state index is 12.8. The van der Waals surface area contributed by atoms with Crippen molar-refractivity contribution in [2.45, 2.75) is 26.7 Å². The lowest BCUT2D eigenvalue weighted by Crippen LogP contribution is -2.50. The molecule has 1 saturated heterocycles. The highest BCUT2D eigenvalue weighted by Crippen LogP contribution is 2.23. The lowest BCUT2D eigenvalue weighted by molar-refractivity contribution is -0.132. The third-order valence-electron chi connectivity index (χ3n) is 4.59. The molecule has 1 amide bonds. The molecular formula is C19H24N4O2. The summed E-state index contributed by atoms with van der Waals surface area (Å²) in [5, 5.41) is 9.61. The number of aromatic nitrogens is 2. The zero-order chi connectivity index (χ0) is 18.0. The molecule has 1 fully saturated rings. The van der Waals surface area contributed by atoms with Gasteiger partial charge in [0.1, 0.15) is 5.75 Å². The quantitative estimate of drug-likeness (QED) is 0.928. The molecule has 0 radical (unpaired) electrons. The number of carbonyl (C=O) groups excluding carboxylic acids is 1. The van der Waals surface area contributed by atoms with Crippen LogP contribution in [0.2, 0.25) is 0 Å². The maximum Gasteiger partial charge on any atom is 0.229 e. The lowest BCUT2D eigenvalue weighted by Gasteiger charge is -2.36. The van der Waals surface area contributed by atoms with Gasteiger partial charge >= 0.3 is 0 Å². The molecule has 0 bridgehead atoms. The molecule has 1 unspecified atom stereocenters. The van der Waals surface area contributed by atoms with Gasteiger partial charge in [-0.2, -0.15) is 0 Å². The molecular weight excluding hydrogens is 316 g/mol. The number of rotatable bonds is 3. The van der Waals surface area contributed by atoms with Crippen molar-refractivity contribution in [3.8, 4) is 5.75 Å². The van der Waals surface area contributed by atoms with Gasteiger partial charge in [-0.15, -0.1) is 0 Å². The summed E-state index contributed by atoms with van der Waals surface area (Å²) in [6.07, 6.45) is 0. The average Bonchev–Trinajstić information content (AvgIpc) is 2.60. The minimum absolute atomic E-state index is 0.0894. The Kier molecular flexibility index (Phi) is 4.88. The molecule has 6 heteroatoms. The molecule has 1 atom stereocenters. The first-order valence-electron chi connectivity index (χ1n) is 8.59. The van der Waals surface area contributed by atoms with Crippen molar-refractivity contribution in [2.75, 3.05) is 31.1 Å². The number of piperazine rings is 1. The Morgan fingerprint density at radius 1 is 1.08 bits per heavy atom. The van der Waals surface area contributed by atoms with Gasteiger partial charge in [0, 0.05) is 37.6 Å². The largest absolute Gasteiger partial charge is 0.508 e. The molecule has 0 spiro atoms. The highest BCUT2D eigenvalue weighted by atomic mass is 16.3. The number of aryl methyl sites for hydroxylation is 2. The second-order valence-electron chi connectivity index (χ2n) is 6.58. The molecule has 3 rings (SSSR count). The fraction of sp³-hybridized carbons (Fsp3) is 0.421. The van der Waals surface area contributed by atoms with Crippen molar-refractivity contribution in [3.63, 3.8) is 0 Å². The molecule has 1 N–H and O–H groups in total. The summed E-state index contributed by atoms with van der Waals surface area (Å²) in [6.45, 7) is 8.57. The number of amides is 1. The van der Waals surface area contributed by atoms with Crippen molar-refractivity contribution in [2.24, 2.45) is 0 Å². The first kappa shape index (κ1) is 17.2. The highest BCUT2D eigenvalue weighted by Gasteiger charge is 2.27. The molecule has 1 aromatic heterocycles. The predicted octanol–water partition coefficient (Wildman–Crippen LogP) is 2.25. The van der Waals surface area contributed by atoms with E-state index in [4.69, 9.17) is 0 Å². The van der Waals surface area contributed by atoms with Crippen LogP contribution in [-0.2, 0) is 4.79 Å². The van der Waals surface area contributed by atoms with Gasteiger partial charge in [-0.25, -0.2) is 9.97 Å². The van der Waals surface area contributed by atoms with Gasteiger partial charge in [0.25, 0.3) is 0 Å². The van der Waals surface area contributed by atoms with Crippen molar-refractivity contribution in [3.05, 3.63) is 47.3 Å². The Morgan fingerprint density at radius 2 is 1.72 bits per heavy atom. The number of benzene rings is 1. The molecule has 2 aromatic rings. The molecule has 1 aliphatic heterocycles. The van der Waals surface area contributed by atoms with E-state index in [0.717, 1.165) is 36.0 Å². The average molecular weight is 340 g/mol. The number of aromatic hydroxyl groups is 1. The molecule has 0 aliphatic carbocycles. The Hall–Kier alpha value is -2.63. The van der Waals surface area contributed by atoms with Gasteiger partial charge in [0.2, 0.25) is 11.9 Å². The van der Waals surface area contributed by atoms with E-state index in [1.165, 1.54) is 0 Å². The molecule has 6 nitrogen and oxygen atoms in total. The van der Waals surface area contributed by atoms with E-state index in [1.54, 1.807) is 18.2 Å². The monoisotopic (exact) mass is 340 g/mol. The van der Waals surface area contributed by atoms with E-state index in [1.807, 2.05) is 37.8 Å². The van der Waals surface area contributed by atoms with Crippen LogP contribution in [0.3, 0.4) is 0 Å². The molecule has 1 aromatic carbocycles. The van der Waals surface area contributed by atoms with Crippen LogP contribution in [0.15, 0.2) is 30.3 Å². The molecule has 132 valence electrons. The Balaban J connectivity index is 1.64. The minimum Gasteiger partial charge on any atom is -0.508 e. The fourth-order valence-electron chi connectivity index (χ4n) is 3.19. The van der Waals surface area contributed by atoms with Gasteiger partial charge in [-0.05, 0) is 44.5 Å². The van der Waals surface area contributed by atoms with Crippen LogP contribution in [0.5, 0.6) is 5.75 Å². The van der Waals surface area contributed by atoms with Crippen molar-refractivity contribution < 1.29 is 9.90 Å². The highest BCUT2D eigenvalue weighted by molar-refractivity contribution is 5.83. The van der Waals surface area contributed by atoms with Gasteiger partial charge in [-0.1, -0.05) is 12.1 Å². The number of hydrogen-bond donors (Lipinski definition) is 1. The molecule has 0 saturated carbocycles. The van der Waals surface area contributed by atoms with Crippen LogP contribution in [0, 0.1) is 13.8 Å². The maximum absolute atomic E-state index is 12.8. The smallest absolute Gasteiger partial charge is 0.229 e. The van der Waals surface area contributed by atoms with Crippen LogP contribution < -0.4 is 4.90 Å². The lowest BCUT2D eigenvalue weighted by atomic mass is 9.99. The number of hydrogen-bond acceptors (Lipinski definition) is 5. The van der Waals surface area contributed by atoms with Crippen molar-refractivity contribution >= 4 is 11.9 Å². The number of phenols is 1. The summed E-state index contributed by atoms with van der Waals surface area (Å²) >= 11 is 0. The molecule has 25 heavy (non-hydrogen) atoms. The first-order chi connectivity index (χ1) is 11.9. The van der Waals surface area contributed by atoms with Crippen molar-refractivity contribution in [1.82, 2.24) is 14.9 Å². The summed E-state index contributed by atoms with van der Waals surface area (Å²) in [5.74, 6) is 0.752. The Bertz CT molecular complexity index is 750. The predicted molar refractivity (Wildman–Crippen MR) is 96.8 cm³/mol. The van der Waals surface area contributed by atoms with Crippen LogP contribution in [0.4, 0.5) is 5.95 Å². The van der Waals surface area contributed by atoms with Gasteiger partial charge in [0.15, 0.2) is 0 Å². The summed E-state index contributed by atoms with van der Waals surface area (Å²) < 4.78 is 0. The fourth-order valence-corrected chi connectivity index (χ4v) is 3.19. The van der Waals surface area contributed by atoms with E-state index in [-0.39, 0.29) is 17.6 Å². The van der Waals surface area contributed by atoms with E-state index in [0.29, 0.717) is 13.1 Å². The number of carbonyl (C=O) groups is 1. The SMILES string of the molecule is Cc1cc(C)nc(N2CCN(C(=O)C(C)c3cccc(O)c3)CC2)n1. The first-order valence-corrected chi connectivity index (χ1v) is 8.59. The third-order valence-corrected chi connectivity index (χ3v) is 4.59. The number of nitrogens with zero attached hydrogens (tertiary/aromatic N) is 4. The topological polar surface area (TPSA) is 69.6 Å². The Morgan fingerprint density at radius 3 is 2.32 bits per heavy atom. The Labute approximate surface area is 148 Å². The molecule has 2 heterocycles. The summed E-state index contributed by atoms with van der Waals surface area (Å²) in [7, 11) is 0. The van der Waals surface area contributed by atoms with Gasteiger partial charge in [-0.3, -0.25) is 4.79 Å². The van der Waals surface area contributed by atoms with Gasteiger partial charge in [0.05, 0.1) is 5.92 Å². The second-order valence-corrected chi connectivity index (χ2v) is 6.58. The van der Waals surface area contributed by atoms with Crippen LogP contribution in [0.25, 0.3) is 0 Å². The van der Waals surface area contributed by atoms with Gasteiger partial charge < -0.3 is 14.9 Å². The van der Waals surface area contributed by atoms with Crippen LogP contribution >= 0.6 is 0 Å². The minimum atomic E-state index is -0.267. The molecule has 1 aliphatic rings. The van der Waals surface area contributed by atoms with E-state index in [2.05, 4.69) is 14.9 Å². The summed E-state index contributed by atoms with van der Waals surface area (Å²) in [5.41, 5.74) is 2.75. The zero-order valence-electron chi connectivity index (χ0n) is 14.9. The standard InChI is InChI=1S/C19H24N4O2/c1-13-11-14(2)21-19(20-13)23-9-7-22(8-10-23)18(25)15(3)16-5-4-6-17(24)12-16/h4-6,11-12,15,24H,7-10H2,1-3H3. The summed E-state index contributed by atoms with van der Waals surface area (Å²) in [6, 6.07) is 8.87. The normalized spacial score (nSPS) is 16.0. The third kappa shape index (κ3) is 3.90. The van der Waals surface area contributed by atoms with E-state index in [9.17, 15) is 9.90 Å². The van der Waals surface area contributed by atoms with E-state index < -0.39 is 0 Å². The zero-order valence-corrected chi connectivity index (χ0v) is 14.9. The van der Waals surface area contributed by atoms with Crippen molar-refractivity contribution in [1.29, 1.82) is 0 Å². The van der Waals surface area contributed by atoms with Crippen LogP contribution in [-0.4, -0.2) is 52.1 Å². The summed E-state index contributed by atoms with van der Waals surface area (Å²) in [4.78, 5) is 25.8.